The molecular formula is C20H16ClN. The minimum Gasteiger partial charge on any atom is -0.280 e. The topological polar surface area (TPSA) is 12.4 Å². The van der Waals surface area contributed by atoms with Gasteiger partial charge in [0.25, 0.3) is 0 Å². The normalized spacial score (nSPS) is 12.4. The van der Waals surface area contributed by atoms with Crippen molar-refractivity contribution in [3.63, 3.8) is 0 Å². The molecular weight excluding hydrogens is 290 g/mol. The Bertz CT molecular complexity index is 751. The van der Waals surface area contributed by atoms with E-state index >= 15 is 0 Å². The molecule has 0 saturated carbocycles. The molecule has 0 radical (unpaired) electrons. The fourth-order valence-corrected chi connectivity index (χ4v) is 2.62. The molecule has 0 aliphatic heterocycles. The molecule has 3 aromatic carbocycles. The van der Waals surface area contributed by atoms with Crippen molar-refractivity contribution in [3.8, 4) is 0 Å². The van der Waals surface area contributed by atoms with Crippen LogP contribution in [0.3, 0.4) is 0 Å². The average Bonchev–Trinajstić information content (AvgIpc) is 2.58. The third kappa shape index (κ3) is 3.44. The van der Waals surface area contributed by atoms with E-state index in [0.29, 0.717) is 0 Å². The molecule has 0 aliphatic carbocycles. The highest BCUT2D eigenvalue weighted by Gasteiger charge is 2.14. The highest BCUT2D eigenvalue weighted by Crippen LogP contribution is 2.31. The Morgan fingerprint density at radius 1 is 0.727 bits per heavy atom. The Kier molecular flexibility index (Phi) is 4.67. The summed E-state index contributed by atoms with van der Waals surface area (Å²) in [5, 5.41) is 0.738. The third-order valence-corrected chi connectivity index (χ3v) is 3.83. The Labute approximate surface area is 135 Å². The van der Waals surface area contributed by atoms with Crippen molar-refractivity contribution in [1.29, 1.82) is 0 Å². The highest BCUT2D eigenvalue weighted by molar-refractivity contribution is 6.31. The summed E-state index contributed by atoms with van der Waals surface area (Å²) in [5.74, 6) is 0. The molecule has 0 aliphatic rings. The van der Waals surface area contributed by atoms with Crippen molar-refractivity contribution in [2.75, 3.05) is 0 Å². The number of halogens is 1. The van der Waals surface area contributed by atoms with E-state index in [2.05, 4.69) is 12.1 Å². The summed E-state index contributed by atoms with van der Waals surface area (Å²) in [6.07, 6.45) is 1.90. The lowest BCUT2D eigenvalue weighted by Crippen LogP contribution is -2.00. The smallest absolute Gasteiger partial charge is 0.101 e. The molecule has 0 saturated heterocycles. The number of aliphatic imine (C=N–C) groups is 1. The van der Waals surface area contributed by atoms with Crippen LogP contribution < -0.4 is 0 Å². The van der Waals surface area contributed by atoms with E-state index in [9.17, 15) is 0 Å². The lowest BCUT2D eigenvalue weighted by atomic mass is 9.99. The molecule has 3 rings (SSSR count). The molecule has 0 amide bonds. The molecule has 0 aromatic heterocycles. The first-order chi connectivity index (χ1) is 10.8. The van der Waals surface area contributed by atoms with Gasteiger partial charge in [0.1, 0.15) is 6.04 Å². The molecule has 0 bridgehead atoms. The van der Waals surface area contributed by atoms with E-state index in [-0.39, 0.29) is 6.04 Å². The number of nitrogens with zero attached hydrogens (tertiary/aromatic N) is 1. The molecule has 1 atom stereocenters. The summed E-state index contributed by atoms with van der Waals surface area (Å²) in [7, 11) is 0. The molecule has 1 unspecified atom stereocenters. The minimum absolute atomic E-state index is 0.102. The molecule has 0 fully saturated rings. The molecule has 2 heteroatoms. The van der Waals surface area contributed by atoms with Gasteiger partial charge in [-0.05, 0) is 22.8 Å². The van der Waals surface area contributed by atoms with Crippen LogP contribution in [0.5, 0.6) is 0 Å². The van der Waals surface area contributed by atoms with Crippen molar-refractivity contribution in [2.24, 2.45) is 4.99 Å². The van der Waals surface area contributed by atoms with Gasteiger partial charge in [-0.2, -0.15) is 0 Å². The second-order valence-corrected chi connectivity index (χ2v) is 5.43. The predicted molar refractivity (Wildman–Crippen MR) is 93.8 cm³/mol. The Morgan fingerprint density at radius 3 is 2.00 bits per heavy atom. The van der Waals surface area contributed by atoms with Gasteiger partial charge in [-0.1, -0.05) is 90.5 Å². The van der Waals surface area contributed by atoms with Crippen LogP contribution in [0.1, 0.15) is 22.7 Å². The van der Waals surface area contributed by atoms with Crippen molar-refractivity contribution >= 4 is 17.8 Å². The van der Waals surface area contributed by atoms with Crippen LogP contribution in [0.25, 0.3) is 0 Å². The lowest BCUT2D eigenvalue weighted by molar-refractivity contribution is 0.878. The zero-order valence-electron chi connectivity index (χ0n) is 12.1. The van der Waals surface area contributed by atoms with E-state index in [4.69, 9.17) is 16.6 Å². The van der Waals surface area contributed by atoms with Crippen LogP contribution in [-0.4, -0.2) is 6.21 Å². The first-order valence-corrected chi connectivity index (χ1v) is 7.60. The van der Waals surface area contributed by atoms with Crippen LogP contribution in [0.4, 0.5) is 0 Å². The fourth-order valence-electron chi connectivity index (χ4n) is 2.38. The second kappa shape index (κ2) is 7.06. The van der Waals surface area contributed by atoms with E-state index in [0.717, 1.165) is 21.7 Å². The monoisotopic (exact) mass is 305 g/mol. The summed E-state index contributed by atoms with van der Waals surface area (Å²) < 4.78 is 0. The van der Waals surface area contributed by atoms with Crippen LogP contribution in [-0.2, 0) is 0 Å². The second-order valence-electron chi connectivity index (χ2n) is 5.02. The number of hydrogen-bond acceptors (Lipinski definition) is 1. The SMILES string of the molecule is Clc1ccccc1C(N=Cc1ccccc1)c1ccccc1. The highest BCUT2D eigenvalue weighted by atomic mass is 35.5. The third-order valence-electron chi connectivity index (χ3n) is 3.49. The van der Waals surface area contributed by atoms with Gasteiger partial charge in [-0.15, -0.1) is 0 Å². The minimum atomic E-state index is -0.102. The standard InChI is InChI=1S/C20H16ClN/c21-19-14-8-7-13-18(19)20(17-11-5-2-6-12-17)22-15-16-9-3-1-4-10-16/h1-15,20H. The quantitative estimate of drug-likeness (QED) is 0.560. The summed E-state index contributed by atoms with van der Waals surface area (Å²) in [5.41, 5.74) is 3.22. The predicted octanol–water partition coefficient (Wildman–Crippen LogP) is 5.55. The van der Waals surface area contributed by atoms with Crippen molar-refractivity contribution in [3.05, 3.63) is 107 Å². The summed E-state index contributed by atoms with van der Waals surface area (Å²) in [6.45, 7) is 0. The lowest BCUT2D eigenvalue weighted by Gasteiger charge is -2.15. The van der Waals surface area contributed by atoms with Gasteiger partial charge < -0.3 is 0 Å². The summed E-state index contributed by atoms with van der Waals surface area (Å²) in [4.78, 5) is 4.79. The molecule has 0 heterocycles. The number of hydrogen-bond donors (Lipinski definition) is 0. The average molecular weight is 306 g/mol. The van der Waals surface area contributed by atoms with Gasteiger partial charge in [0, 0.05) is 11.2 Å². The number of rotatable bonds is 4. The van der Waals surface area contributed by atoms with Crippen LogP contribution in [0.15, 0.2) is 89.9 Å². The Balaban J connectivity index is 2.01. The molecule has 0 N–H and O–H groups in total. The summed E-state index contributed by atoms with van der Waals surface area (Å²) >= 11 is 6.38. The van der Waals surface area contributed by atoms with Gasteiger partial charge in [-0.3, -0.25) is 4.99 Å². The molecule has 3 aromatic rings. The van der Waals surface area contributed by atoms with Crippen LogP contribution in [0.2, 0.25) is 5.02 Å². The van der Waals surface area contributed by atoms with Gasteiger partial charge >= 0.3 is 0 Å². The van der Waals surface area contributed by atoms with Gasteiger partial charge in [0.15, 0.2) is 0 Å². The fraction of sp³-hybridized carbons (Fsp3) is 0.0500. The van der Waals surface area contributed by atoms with Gasteiger partial charge in [-0.25, -0.2) is 0 Å². The van der Waals surface area contributed by atoms with Crippen molar-refractivity contribution in [2.45, 2.75) is 6.04 Å². The molecule has 0 spiro atoms. The van der Waals surface area contributed by atoms with Gasteiger partial charge in [0.05, 0.1) is 0 Å². The molecule has 22 heavy (non-hydrogen) atoms. The Hall–Kier alpha value is -2.38. The first-order valence-electron chi connectivity index (χ1n) is 7.22. The van der Waals surface area contributed by atoms with Crippen molar-refractivity contribution in [1.82, 2.24) is 0 Å². The largest absolute Gasteiger partial charge is 0.280 e. The van der Waals surface area contributed by atoms with E-state index in [1.807, 2.05) is 79.0 Å². The van der Waals surface area contributed by atoms with E-state index < -0.39 is 0 Å². The van der Waals surface area contributed by atoms with Crippen LogP contribution >= 0.6 is 11.6 Å². The maximum atomic E-state index is 6.38. The summed E-state index contributed by atoms with van der Waals surface area (Å²) in [6, 6.07) is 28.1. The maximum absolute atomic E-state index is 6.38. The van der Waals surface area contributed by atoms with Crippen LogP contribution in [0, 0.1) is 0 Å². The molecule has 1 nitrogen and oxygen atoms in total. The zero-order valence-corrected chi connectivity index (χ0v) is 12.8. The molecule has 108 valence electrons. The van der Waals surface area contributed by atoms with Gasteiger partial charge in [0.2, 0.25) is 0 Å². The Morgan fingerprint density at radius 2 is 1.32 bits per heavy atom. The van der Waals surface area contributed by atoms with E-state index in [1.165, 1.54) is 0 Å². The van der Waals surface area contributed by atoms with E-state index in [1.54, 1.807) is 0 Å². The first kappa shape index (κ1) is 14.6. The maximum Gasteiger partial charge on any atom is 0.101 e. The number of benzene rings is 3. The van der Waals surface area contributed by atoms with Crippen molar-refractivity contribution < 1.29 is 0 Å². The zero-order chi connectivity index (χ0) is 15.2.